The molecule has 0 bridgehead atoms. The number of methoxy groups -OCH3 is 1. The lowest BCUT2D eigenvalue weighted by molar-refractivity contribution is -0.117. The van der Waals surface area contributed by atoms with E-state index in [1.807, 2.05) is 18.2 Å². The van der Waals surface area contributed by atoms with E-state index < -0.39 is 6.23 Å². The van der Waals surface area contributed by atoms with E-state index in [1.54, 1.807) is 19.1 Å². The van der Waals surface area contributed by atoms with E-state index in [1.165, 1.54) is 0 Å². The standard InChI is InChI=1S/C11H14N2O2/c1-13-9-4-3-7(11(12)15-2)5-8(9)6-10(13)14/h3-5,11H,6,12H2,1-2H3. The second-order valence-corrected chi connectivity index (χ2v) is 3.67. The number of hydrogen-bond acceptors (Lipinski definition) is 3. The lowest BCUT2D eigenvalue weighted by Gasteiger charge is -2.13. The third-order valence-corrected chi connectivity index (χ3v) is 2.76. The Morgan fingerprint density at radius 3 is 2.93 bits per heavy atom. The van der Waals surface area contributed by atoms with E-state index >= 15 is 0 Å². The largest absolute Gasteiger partial charge is 0.363 e. The average Bonchev–Trinajstić information content (AvgIpc) is 2.53. The van der Waals surface area contributed by atoms with E-state index in [0.29, 0.717) is 6.42 Å². The number of hydrogen-bond donors (Lipinski definition) is 1. The summed E-state index contributed by atoms with van der Waals surface area (Å²) in [6.45, 7) is 0. The molecular weight excluding hydrogens is 192 g/mol. The topological polar surface area (TPSA) is 55.6 Å². The van der Waals surface area contributed by atoms with E-state index in [2.05, 4.69) is 0 Å². The van der Waals surface area contributed by atoms with Crippen LogP contribution in [0.3, 0.4) is 0 Å². The van der Waals surface area contributed by atoms with Gasteiger partial charge in [-0.3, -0.25) is 4.79 Å². The minimum atomic E-state index is -0.420. The highest BCUT2D eigenvalue weighted by Crippen LogP contribution is 2.29. The first-order valence-corrected chi connectivity index (χ1v) is 4.81. The Bertz CT molecular complexity index is 404. The fourth-order valence-electron chi connectivity index (χ4n) is 1.80. The van der Waals surface area contributed by atoms with Gasteiger partial charge in [-0.15, -0.1) is 0 Å². The molecule has 1 amide bonds. The molecular formula is C11H14N2O2. The average molecular weight is 206 g/mol. The summed E-state index contributed by atoms with van der Waals surface area (Å²) >= 11 is 0. The fourth-order valence-corrected chi connectivity index (χ4v) is 1.80. The van der Waals surface area contributed by atoms with Gasteiger partial charge in [0.15, 0.2) is 0 Å². The number of nitrogens with two attached hydrogens (primary N) is 1. The van der Waals surface area contributed by atoms with Gasteiger partial charge in [0.25, 0.3) is 0 Å². The van der Waals surface area contributed by atoms with Crippen molar-refractivity contribution in [3.8, 4) is 0 Å². The van der Waals surface area contributed by atoms with Gasteiger partial charge < -0.3 is 15.4 Å². The lowest BCUT2D eigenvalue weighted by atomic mass is 10.1. The van der Waals surface area contributed by atoms with Crippen molar-refractivity contribution < 1.29 is 9.53 Å². The predicted molar refractivity (Wildman–Crippen MR) is 57.5 cm³/mol. The van der Waals surface area contributed by atoms with Gasteiger partial charge in [0.1, 0.15) is 6.23 Å². The molecule has 1 atom stereocenters. The van der Waals surface area contributed by atoms with Crippen molar-refractivity contribution in [1.82, 2.24) is 0 Å². The molecule has 1 aliphatic rings. The van der Waals surface area contributed by atoms with Crippen LogP contribution < -0.4 is 10.6 Å². The summed E-state index contributed by atoms with van der Waals surface area (Å²) in [5.41, 5.74) is 8.62. The first-order valence-electron chi connectivity index (χ1n) is 4.81. The maximum atomic E-state index is 11.4. The monoisotopic (exact) mass is 206 g/mol. The van der Waals surface area contributed by atoms with Crippen LogP contribution in [0.15, 0.2) is 18.2 Å². The molecule has 0 aliphatic carbocycles. The molecule has 1 unspecified atom stereocenters. The zero-order valence-corrected chi connectivity index (χ0v) is 8.86. The van der Waals surface area contributed by atoms with Gasteiger partial charge in [-0.25, -0.2) is 0 Å². The minimum Gasteiger partial charge on any atom is -0.363 e. The van der Waals surface area contributed by atoms with Crippen LogP contribution in [0.2, 0.25) is 0 Å². The summed E-state index contributed by atoms with van der Waals surface area (Å²) in [6.07, 6.45) is 0.0344. The van der Waals surface area contributed by atoms with Crippen LogP contribution in [0.1, 0.15) is 17.4 Å². The summed E-state index contributed by atoms with van der Waals surface area (Å²) < 4.78 is 5.03. The van der Waals surface area contributed by atoms with Crippen LogP contribution in [-0.4, -0.2) is 20.1 Å². The summed E-state index contributed by atoms with van der Waals surface area (Å²) in [5.74, 6) is 0.119. The fraction of sp³-hybridized carbons (Fsp3) is 0.364. The van der Waals surface area contributed by atoms with Crippen LogP contribution in [0, 0.1) is 0 Å². The zero-order chi connectivity index (χ0) is 11.0. The molecule has 0 saturated heterocycles. The van der Waals surface area contributed by atoms with Crippen LogP contribution in [0.4, 0.5) is 5.69 Å². The van der Waals surface area contributed by atoms with Crippen molar-refractivity contribution in [1.29, 1.82) is 0 Å². The molecule has 2 rings (SSSR count). The number of carbonyl (C=O) groups is 1. The number of likely N-dealkylation sites (N-methyl/N-ethyl adjacent to an activating group) is 1. The van der Waals surface area contributed by atoms with Gasteiger partial charge >= 0.3 is 0 Å². The van der Waals surface area contributed by atoms with Crippen LogP contribution in [0.5, 0.6) is 0 Å². The van der Waals surface area contributed by atoms with Crippen molar-refractivity contribution in [2.24, 2.45) is 5.73 Å². The second kappa shape index (κ2) is 3.64. The van der Waals surface area contributed by atoms with Gasteiger partial charge in [0, 0.05) is 19.8 Å². The number of nitrogens with zero attached hydrogens (tertiary/aromatic N) is 1. The predicted octanol–water partition coefficient (Wildman–Crippen LogP) is 0.809. The molecule has 1 aromatic rings. The number of anilines is 1. The van der Waals surface area contributed by atoms with Crippen molar-refractivity contribution in [3.63, 3.8) is 0 Å². The third-order valence-electron chi connectivity index (χ3n) is 2.76. The molecule has 0 saturated carbocycles. The van der Waals surface area contributed by atoms with Crippen molar-refractivity contribution in [2.45, 2.75) is 12.6 Å². The first kappa shape index (κ1) is 10.1. The SMILES string of the molecule is COC(N)c1ccc2c(c1)CC(=O)N2C. The Morgan fingerprint density at radius 1 is 1.53 bits per heavy atom. The van der Waals surface area contributed by atoms with E-state index in [9.17, 15) is 4.79 Å². The summed E-state index contributed by atoms with van der Waals surface area (Å²) in [5, 5.41) is 0. The number of rotatable bonds is 2. The molecule has 2 N–H and O–H groups in total. The van der Waals surface area contributed by atoms with E-state index in [-0.39, 0.29) is 5.91 Å². The number of fused-ring (bicyclic) bond motifs is 1. The maximum absolute atomic E-state index is 11.4. The Kier molecular flexibility index (Phi) is 2.46. The number of carbonyl (C=O) groups excluding carboxylic acids is 1. The Balaban J connectivity index is 2.37. The molecule has 0 radical (unpaired) electrons. The van der Waals surface area contributed by atoms with E-state index in [0.717, 1.165) is 16.8 Å². The smallest absolute Gasteiger partial charge is 0.231 e. The van der Waals surface area contributed by atoms with Gasteiger partial charge in [-0.1, -0.05) is 6.07 Å². The Hall–Kier alpha value is -1.39. The number of benzene rings is 1. The highest BCUT2D eigenvalue weighted by molar-refractivity contribution is 6.00. The van der Waals surface area contributed by atoms with Gasteiger partial charge in [-0.05, 0) is 23.3 Å². The summed E-state index contributed by atoms with van der Waals surface area (Å²) in [7, 11) is 3.35. The molecule has 0 fully saturated rings. The second-order valence-electron chi connectivity index (χ2n) is 3.67. The molecule has 0 spiro atoms. The number of amides is 1. The molecule has 0 aromatic heterocycles. The molecule has 1 heterocycles. The molecule has 15 heavy (non-hydrogen) atoms. The first-order chi connectivity index (χ1) is 7.13. The quantitative estimate of drug-likeness (QED) is 0.728. The summed E-state index contributed by atoms with van der Waals surface area (Å²) in [6, 6.07) is 5.74. The minimum absolute atomic E-state index is 0.119. The molecule has 4 nitrogen and oxygen atoms in total. The molecule has 1 aliphatic heterocycles. The summed E-state index contributed by atoms with van der Waals surface area (Å²) in [4.78, 5) is 13.1. The lowest BCUT2D eigenvalue weighted by Crippen LogP contribution is -2.20. The van der Waals surface area contributed by atoms with Gasteiger partial charge in [0.05, 0.1) is 6.42 Å². The molecule has 4 heteroatoms. The van der Waals surface area contributed by atoms with Crippen molar-refractivity contribution in [3.05, 3.63) is 29.3 Å². The molecule has 80 valence electrons. The highest BCUT2D eigenvalue weighted by Gasteiger charge is 2.24. The van der Waals surface area contributed by atoms with Crippen LogP contribution in [0.25, 0.3) is 0 Å². The maximum Gasteiger partial charge on any atom is 0.231 e. The Labute approximate surface area is 88.6 Å². The highest BCUT2D eigenvalue weighted by atomic mass is 16.5. The van der Waals surface area contributed by atoms with Crippen molar-refractivity contribution >= 4 is 11.6 Å². The van der Waals surface area contributed by atoms with Crippen molar-refractivity contribution in [2.75, 3.05) is 19.1 Å². The Morgan fingerprint density at radius 2 is 2.27 bits per heavy atom. The molecule has 1 aromatic carbocycles. The van der Waals surface area contributed by atoms with Gasteiger partial charge in [-0.2, -0.15) is 0 Å². The van der Waals surface area contributed by atoms with Gasteiger partial charge in [0.2, 0.25) is 5.91 Å². The third kappa shape index (κ3) is 1.62. The van der Waals surface area contributed by atoms with Crippen LogP contribution in [-0.2, 0) is 16.0 Å². The normalized spacial score (nSPS) is 16.7. The van der Waals surface area contributed by atoms with E-state index in [4.69, 9.17) is 10.5 Å². The number of ether oxygens (including phenoxy) is 1. The zero-order valence-electron chi connectivity index (χ0n) is 8.86. The van der Waals surface area contributed by atoms with Crippen LogP contribution >= 0.6 is 0 Å².